The lowest BCUT2D eigenvalue weighted by molar-refractivity contribution is -0.132. The minimum absolute atomic E-state index is 0.115. The Morgan fingerprint density at radius 3 is 2.27 bits per heavy atom. The van der Waals surface area contributed by atoms with Gasteiger partial charge in [-0.2, -0.15) is 0 Å². The van der Waals surface area contributed by atoms with Gasteiger partial charge in [-0.05, 0) is 47.5 Å². The predicted octanol–water partition coefficient (Wildman–Crippen LogP) is 3.83. The quantitative estimate of drug-likeness (QED) is 0.603. The fourth-order valence-corrected chi connectivity index (χ4v) is 3.97. The number of ether oxygens (including phenoxy) is 1. The first-order valence-corrected chi connectivity index (χ1v) is 11.2. The zero-order valence-corrected chi connectivity index (χ0v) is 18.9. The SMILES string of the molecule is COc1cccc(CC(=O)N2CCN(Cc3ccc(C(=O)Nc4ccccc4)cc3)CC2)c1. The molecule has 0 bridgehead atoms. The van der Waals surface area contributed by atoms with Crippen molar-refractivity contribution in [3.63, 3.8) is 0 Å². The zero-order valence-electron chi connectivity index (χ0n) is 18.9. The predicted molar refractivity (Wildman–Crippen MR) is 129 cm³/mol. The fourth-order valence-electron chi connectivity index (χ4n) is 3.97. The highest BCUT2D eigenvalue weighted by atomic mass is 16.5. The average molecular weight is 444 g/mol. The van der Waals surface area contributed by atoms with Gasteiger partial charge in [0, 0.05) is 44.0 Å². The van der Waals surface area contributed by atoms with E-state index in [1.165, 1.54) is 0 Å². The van der Waals surface area contributed by atoms with Gasteiger partial charge in [0.2, 0.25) is 5.91 Å². The number of amides is 2. The first-order valence-electron chi connectivity index (χ1n) is 11.2. The van der Waals surface area contributed by atoms with Gasteiger partial charge in [-0.15, -0.1) is 0 Å². The molecular weight excluding hydrogens is 414 g/mol. The van der Waals surface area contributed by atoms with E-state index in [9.17, 15) is 9.59 Å². The summed E-state index contributed by atoms with van der Waals surface area (Å²) in [4.78, 5) is 29.4. The number of nitrogens with zero attached hydrogens (tertiary/aromatic N) is 2. The van der Waals surface area contributed by atoms with E-state index in [0.717, 1.165) is 55.3 Å². The van der Waals surface area contributed by atoms with Crippen LogP contribution in [0.15, 0.2) is 78.9 Å². The van der Waals surface area contributed by atoms with Crippen LogP contribution in [0, 0.1) is 0 Å². The van der Waals surface area contributed by atoms with Crippen LogP contribution in [0.4, 0.5) is 5.69 Å². The number of benzene rings is 3. The number of carbonyl (C=O) groups is 2. The maximum absolute atomic E-state index is 12.7. The van der Waals surface area contributed by atoms with E-state index in [2.05, 4.69) is 10.2 Å². The van der Waals surface area contributed by atoms with Crippen LogP contribution in [-0.2, 0) is 17.8 Å². The summed E-state index contributed by atoms with van der Waals surface area (Å²) in [5.41, 5.74) is 3.54. The van der Waals surface area contributed by atoms with Crippen LogP contribution >= 0.6 is 0 Å². The molecule has 0 aliphatic carbocycles. The van der Waals surface area contributed by atoms with Gasteiger partial charge in [0.05, 0.1) is 13.5 Å². The lowest BCUT2D eigenvalue weighted by Gasteiger charge is -2.35. The van der Waals surface area contributed by atoms with Crippen LogP contribution in [0.3, 0.4) is 0 Å². The minimum atomic E-state index is -0.115. The van der Waals surface area contributed by atoms with Crippen molar-refractivity contribution >= 4 is 17.5 Å². The summed E-state index contributed by atoms with van der Waals surface area (Å²) in [7, 11) is 1.63. The molecule has 3 aromatic rings. The molecule has 170 valence electrons. The molecule has 3 aromatic carbocycles. The standard InChI is InChI=1S/C27H29N3O3/c1-33-25-9-5-6-22(18-25)19-26(31)30-16-14-29(15-17-30)20-21-10-12-23(13-11-21)27(32)28-24-7-3-2-4-8-24/h2-13,18H,14-17,19-20H2,1H3,(H,28,32). The first-order chi connectivity index (χ1) is 16.1. The Hall–Kier alpha value is -3.64. The van der Waals surface area contributed by atoms with Crippen molar-refractivity contribution in [1.29, 1.82) is 0 Å². The van der Waals surface area contributed by atoms with E-state index in [0.29, 0.717) is 12.0 Å². The van der Waals surface area contributed by atoms with Crippen LogP contribution in [0.5, 0.6) is 5.75 Å². The van der Waals surface area contributed by atoms with Gasteiger partial charge in [0.15, 0.2) is 0 Å². The number of para-hydroxylation sites is 1. The number of rotatable bonds is 7. The number of methoxy groups -OCH3 is 1. The van der Waals surface area contributed by atoms with Gasteiger partial charge in [0.1, 0.15) is 5.75 Å². The maximum Gasteiger partial charge on any atom is 0.255 e. The molecule has 0 radical (unpaired) electrons. The van der Waals surface area contributed by atoms with E-state index in [1.807, 2.05) is 83.8 Å². The fraction of sp³-hybridized carbons (Fsp3) is 0.259. The molecule has 2 amide bonds. The van der Waals surface area contributed by atoms with Gasteiger partial charge < -0.3 is 15.0 Å². The summed E-state index contributed by atoms with van der Waals surface area (Å²) < 4.78 is 5.25. The molecule has 0 saturated carbocycles. The summed E-state index contributed by atoms with van der Waals surface area (Å²) in [5, 5.41) is 2.90. The summed E-state index contributed by atoms with van der Waals surface area (Å²) in [6, 6.07) is 24.8. The Labute approximate surface area is 194 Å². The molecule has 6 heteroatoms. The summed E-state index contributed by atoms with van der Waals surface area (Å²) in [6.07, 6.45) is 0.393. The summed E-state index contributed by atoms with van der Waals surface area (Å²) in [6.45, 7) is 3.92. The molecule has 1 heterocycles. The highest BCUT2D eigenvalue weighted by molar-refractivity contribution is 6.04. The third kappa shape index (κ3) is 6.20. The van der Waals surface area contributed by atoms with Crippen LogP contribution in [0.2, 0.25) is 0 Å². The van der Waals surface area contributed by atoms with Crippen molar-refractivity contribution in [2.45, 2.75) is 13.0 Å². The molecule has 33 heavy (non-hydrogen) atoms. The number of nitrogens with one attached hydrogen (secondary N) is 1. The van der Waals surface area contributed by atoms with E-state index in [1.54, 1.807) is 7.11 Å². The zero-order chi connectivity index (χ0) is 23.0. The van der Waals surface area contributed by atoms with E-state index >= 15 is 0 Å². The van der Waals surface area contributed by atoms with E-state index in [-0.39, 0.29) is 11.8 Å². The molecule has 1 fully saturated rings. The maximum atomic E-state index is 12.7. The van der Waals surface area contributed by atoms with Crippen molar-refractivity contribution in [3.05, 3.63) is 95.6 Å². The second kappa shape index (κ2) is 10.8. The molecular formula is C27H29N3O3. The van der Waals surface area contributed by atoms with Gasteiger partial charge >= 0.3 is 0 Å². The van der Waals surface area contributed by atoms with Crippen molar-refractivity contribution < 1.29 is 14.3 Å². The van der Waals surface area contributed by atoms with Gasteiger partial charge in [0.25, 0.3) is 5.91 Å². The lowest BCUT2D eigenvalue weighted by Crippen LogP contribution is -2.48. The molecule has 1 aliphatic rings. The molecule has 6 nitrogen and oxygen atoms in total. The summed E-state index contributed by atoms with van der Waals surface area (Å²) in [5.74, 6) is 0.807. The van der Waals surface area contributed by atoms with E-state index in [4.69, 9.17) is 4.74 Å². The Morgan fingerprint density at radius 2 is 1.58 bits per heavy atom. The second-order valence-corrected chi connectivity index (χ2v) is 8.20. The molecule has 0 unspecified atom stereocenters. The summed E-state index contributed by atoms with van der Waals surface area (Å²) >= 11 is 0. The van der Waals surface area contributed by atoms with Crippen LogP contribution in [0.1, 0.15) is 21.5 Å². The minimum Gasteiger partial charge on any atom is -0.497 e. The molecule has 4 rings (SSSR count). The Kier molecular flexibility index (Phi) is 7.37. The topological polar surface area (TPSA) is 61.9 Å². The molecule has 0 aromatic heterocycles. The molecule has 0 spiro atoms. The molecule has 1 aliphatic heterocycles. The van der Waals surface area contributed by atoms with Crippen LogP contribution in [-0.4, -0.2) is 54.9 Å². The average Bonchev–Trinajstić information content (AvgIpc) is 2.85. The lowest BCUT2D eigenvalue weighted by atomic mass is 10.1. The van der Waals surface area contributed by atoms with Crippen LogP contribution < -0.4 is 10.1 Å². The molecule has 1 saturated heterocycles. The number of piperazine rings is 1. The highest BCUT2D eigenvalue weighted by Gasteiger charge is 2.21. The van der Waals surface area contributed by atoms with Gasteiger partial charge in [-0.25, -0.2) is 0 Å². The number of hydrogen-bond donors (Lipinski definition) is 1. The van der Waals surface area contributed by atoms with Crippen molar-refractivity contribution in [2.75, 3.05) is 38.6 Å². The second-order valence-electron chi connectivity index (χ2n) is 8.20. The van der Waals surface area contributed by atoms with Crippen molar-refractivity contribution in [1.82, 2.24) is 9.80 Å². The Balaban J connectivity index is 1.24. The van der Waals surface area contributed by atoms with Crippen molar-refractivity contribution in [2.24, 2.45) is 0 Å². The molecule has 1 N–H and O–H groups in total. The third-order valence-electron chi connectivity index (χ3n) is 5.87. The highest BCUT2D eigenvalue weighted by Crippen LogP contribution is 2.16. The van der Waals surface area contributed by atoms with Crippen LogP contribution in [0.25, 0.3) is 0 Å². The van der Waals surface area contributed by atoms with Gasteiger partial charge in [-0.1, -0.05) is 42.5 Å². The van der Waals surface area contributed by atoms with Crippen molar-refractivity contribution in [3.8, 4) is 5.75 Å². The number of hydrogen-bond acceptors (Lipinski definition) is 4. The first kappa shape index (κ1) is 22.6. The number of anilines is 1. The smallest absolute Gasteiger partial charge is 0.255 e. The largest absolute Gasteiger partial charge is 0.497 e. The normalized spacial score (nSPS) is 14.0. The molecule has 0 atom stereocenters. The number of carbonyl (C=O) groups excluding carboxylic acids is 2. The third-order valence-corrected chi connectivity index (χ3v) is 5.87. The van der Waals surface area contributed by atoms with Gasteiger partial charge in [-0.3, -0.25) is 14.5 Å². The van der Waals surface area contributed by atoms with E-state index < -0.39 is 0 Å². The monoisotopic (exact) mass is 443 g/mol. The Bertz CT molecular complexity index is 1080. The Morgan fingerprint density at radius 1 is 0.848 bits per heavy atom.